The van der Waals surface area contributed by atoms with Gasteiger partial charge in [0.05, 0.1) is 12.8 Å². The van der Waals surface area contributed by atoms with Crippen LogP contribution >= 0.6 is 0 Å². The lowest BCUT2D eigenvalue weighted by atomic mass is 10.2. The second-order valence-corrected chi connectivity index (χ2v) is 3.08. The van der Waals surface area contributed by atoms with Crippen molar-refractivity contribution in [2.24, 2.45) is 0 Å². The SMILES string of the molecule is CCC(=O)Nc1cc(NC=O)ccc1OC. The summed E-state index contributed by atoms with van der Waals surface area (Å²) in [6.45, 7) is 1.76. The molecule has 0 fully saturated rings. The standard InChI is InChI=1S/C11H14N2O3/c1-3-11(15)13-9-6-8(12-7-14)4-5-10(9)16-2/h4-7H,3H2,1-2H3,(H,12,14)(H,13,15). The first-order valence-electron chi connectivity index (χ1n) is 4.89. The summed E-state index contributed by atoms with van der Waals surface area (Å²) in [6.07, 6.45) is 0.960. The molecule has 0 aliphatic heterocycles. The highest BCUT2D eigenvalue weighted by Crippen LogP contribution is 2.27. The molecule has 0 aromatic heterocycles. The van der Waals surface area contributed by atoms with Gasteiger partial charge in [-0.3, -0.25) is 9.59 Å². The summed E-state index contributed by atoms with van der Waals surface area (Å²) in [6, 6.07) is 5.01. The van der Waals surface area contributed by atoms with Crippen LogP contribution in [0.3, 0.4) is 0 Å². The van der Waals surface area contributed by atoms with Crippen molar-refractivity contribution in [3.63, 3.8) is 0 Å². The Balaban J connectivity index is 2.96. The number of ether oxygens (including phenoxy) is 1. The van der Waals surface area contributed by atoms with E-state index in [0.717, 1.165) is 0 Å². The summed E-state index contributed by atoms with van der Waals surface area (Å²) in [5, 5.41) is 5.19. The summed E-state index contributed by atoms with van der Waals surface area (Å²) < 4.78 is 5.09. The normalized spacial score (nSPS) is 9.38. The van der Waals surface area contributed by atoms with Gasteiger partial charge in [-0.05, 0) is 18.2 Å². The van der Waals surface area contributed by atoms with Gasteiger partial charge in [0.25, 0.3) is 0 Å². The fraction of sp³-hybridized carbons (Fsp3) is 0.273. The zero-order chi connectivity index (χ0) is 12.0. The lowest BCUT2D eigenvalue weighted by Crippen LogP contribution is -2.10. The molecular weight excluding hydrogens is 208 g/mol. The maximum atomic E-state index is 11.3. The Bertz CT molecular complexity index is 391. The number of hydrogen-bond acceptors (Lipinski definition) is 3. The van der Waals surface area contributed by atoms with Gasteiger partial charge in [0.1, 0.15) is 5.75 Å². The highest BCUT2D eigenvalue weighted by Gasteiger charge is 2.06. The molecule has 5 heteroatoms. The van der Waals surface area contributed by atoms with Crippen LogP contribution in [0.5, 0.6) is 5.75 Å². The third-order valence-corrected chi connectivity index (χ3v) is 2.02. The molecule has 0 heterocycles. The van der Waals surface area contributed by atoms with Crippen LogP contribution in [0.25, 0.3) is 0 Å². The van der Waals surface area contributed by atoms with Gasteiger partial charge in [-0.1, -0.05) is 6.92 Å². The summed E-state index contributed by atoms with van der Waals surface area (Å²) in [7, 11) is 1.52. The van der Waals surface area contributed by atoms with Gasteiger partial charge in [0, 0.05) is 12.1 Å². The predicted molar refractivity (Wildman–Crippen MR) is 61.6 cm³/mol. The van der Waals surface area contributed by atoms with E-state index in [9.17, 15) is 9.59 Å². The van der Waals surface area contributed by atoms with Crippen LogP contribution < -0.4 is 15.4 Å². The van der Waals surface area contributed by atoms with Gasteiger partial charge < -0.3 is 15.4 Å². The number of anilines is 2. The van der Waals surface area contributed by atoms with E-state index in [4.69, 9.17) is 4.74 Å². The summed E-state index contributed by atoms with van der Waals surface area (Å²) in [5.41, 5.74) is 1.14. The number of rotatable bonds is 5. The van der Waals surface area contributed by atoms with Crippen LogP contribution in [0.1, 0.15) is 13.3 Å². The van der Waals surface area contributed by atoms with Crippen molar-refractivity contribution < 1.29 is 14.3 Å². The number of carbonyl (C=O) groups is 2. The van der Waals surface area contributed by atoms with Crippen molar-refractivity contribution in [2.45, 2.75) is 13.3 Å². The first-order valence-corrected chi connectivity index (χ1v) is 4.89. The molecule has 0 atom stereocenters. The molecule has 0 unspecified atom stereocenters. The minimum absolute atomic E-state index is 0.110. The smallest absolute Gasteiger partial charge is 0.224 e. The van der Waals surface area contributed by atoms with Gasteiger partial charge in [-0.25, -0.2) is 0 Å². The van der Waals surface area contributed by atoms with Crippen LogP contribution in [0, 0.1) is 0 Å². The highest BCUT2D eigenvalue weighted by atomic mass is 16.5. The Labute approximate surface area is 93.8 Å². The van der Waals surface area contributed by atoms with Crippen molar-refractivity contribution >= 4 is 23.7 Å². The molecule has 0 radical (unpaired) electrons. The Hall–Kier alpha value is -2.04. The van der Waals surface area contributed by atoms with Gasteiger partial charge in [0.2, 0.25) is 12.3 Å². The minimum atomic E-state index is -0.110. The second kappa shape index (κ2) is 5.75. The van der Waals surface area contributed by atoms with Crippen molar-refractivity contribution in [1.29, 1.82) is 0 Å². The Morgan fingerprint density at radius 2 is 2.25 bits per heavy atom. The first-order chi connectivity index (χ1) is 7.71. The van der Waals surface area contributed by atoms with Crippen LogP contribution in [-0.4, -0.2) is 19.4 Å². The van der Waals surface area contributed by atoms with Gasteiger partial charge in [0.15, 0.2) is 0 Å². The van der Waals surface area contributed by atoms with Gasteiger partial charge in [-0.2, -0.15) is 0 Å². The van der Waals surface area contributed by atoms with Gasteiger partial charge in [-0.15, -0.1) is 0 Å². The summed E-state index contributed by atoms with van der Waals surface area (Å²) in [4.78, 5) is 21.6. The van der Waals surface area contributed by atoms with E-state index in [1.165, 1.54) is 7.11 Å². The number of hydrogen-bond donors (Lipinski definition) is 2. The van der Waals surface area contributed by atoms with Crippen LogP contribution in [0.15, 0.2) is 18.2 Å². The van der Waals surface area contributed by atoms with Crippen LogP contribution in [0.4, 0.5) is 11.4 Å². The molecule has 0 aliphatic carbocycles. The molecule has 0 bridgehead atoms. The predicted octanol–water partition coefficient (Wildman–Crippen LogP) is 1.61. The van der Waals surface area contributed by atoms with E-state index >= 15 is 0 Å². The number of carbonyl (C=O) groups excluding carboxylic acids is 2. The van der Waals surface area contributed by atoms with E-state index in [-0.39, 0.29) is 5.91 Å². The van der Waals surface area contributed by atoms with Crippen molar-refractivity contribution in [1.82, 2.24) is 0 Å². The molecule has 5 nitrogen and oxygen atoms in total. The average Bonchev–Trinajstić information content (AvgIpc) is 2.30. The average molecular weight is 222 g/mol. The molecule has 0 saturated carbocycles. The summed E-state index contributed by atoms with van der Waals surface area (Å²) in [5.74, 6) is 0.444. The van der Waals surface area contributed by atoms with Crippen LogP contribution in [0.2, 0.25) is 0 Å². The number of amides is 2. The zero-order valence-corrected chi connectivity index (χ0v) is 9.24. The zero-order valence-electron chi connectivity index (χ0n) is 9.24. The molecule has 86 valence electrons. The van der Waals surface area contributed by atoms with E-state index in [1.807, 2.05) is 0 Å². The number of methoxy groups -OCH3 is 1. The van der Waals surface area contributed by atoms with E-state index < -0.39 is 0 Å². The molecular formula is C11H14N2O3. The highest BCUT2D eigenvalue weighted by molar-refractivity contribution is 5.93. The molecule has 1 aromatic carbocycles. The lowest BCUT2D eigenvalue weighted by Gasteiger charge is -2.11. The number of benzene rings is 1. The molecule has 0 saturated heterocycles. The molecule has 1 rings (SSSR count). The van der Waals surface area contributed by atoms with Crippen molar-refractivity contribution in [2.75, 3.05) is 17.7 Å². The Kier molecular flexibility index (Phi) is 4.32. The third kappa shape index (κ3) is 2.98. The quantitative estimate of drug-likeness (QED) is 0.744. The monoisotopic (exact) mass is 222 g/mol. The molecule has 16 heavy (non-hydrogen) atoms. The molecule has 0 aliphatic rings. The topological polar surface area (TPSA) is 67.4 Å². The number of nitrogens with one attached hydrogen (secondary N) is 2. The van der Waals surface area contributed by atoms with Crippen molar-refractivity contribution in [3.05, 3.63) is 18.2 Å². The Morgan fingerprint density at radius 3 is 2.81 bits per heavy atom. The van der Waals surface area contributed by atoms with E-state index in [2.05, 4.69) is 10.6 Å². The Morgan fingerprint density at radius 1 is 1.50 bits per heavy atom. The molecule has 2 N–H and O–H groups in total. The third-order valence-electron chi connectivity index (χ3n) is 2.02. The second-order valence-electron chi connectivity index (χ2n) is 3.08. The molecule has 1 aromatic rings. The van der Waals surface area contributed by atoms with E-state index in [0.29, 0.717) is 30.0 Å². The van der Waals surface area contributed by atoms with Gasteiger partial charge >= 0.3 is 0 Å². The van der Waals surface area contributed by atoms with E-state index in [1.54, 1.807) is 25.1 Å². The fourth-order valence-corrected chi connectivity index (χ4v) is 1.20. The molecule has 2 amide bonds. The largest absolute Gasteiger partial charge is 0.495 e. The fourth-order valence-electron chi connectivity index (χ4n) is 1.20. The maximum absolute atomic E-state index is 11.3. The maximum Gasteiger partial charge on any atom is 0.224 e. The molecule has 0 spiro atoms. The lowest BCUT2D eigenvalue weighted by molar-refractivity contribution is -0.115. The first kappa shape index (κ1) is 12.0. The minimum Gasteiger partial charge on any atom is -0.495 e. The summed E-state index contributed by atoms with van der Waals surface area (Å²) >= 11 is 0. The van der Waals surface area contributed by atoms with Crippen LogP contribution in [-0.2, 0) is 9.59 Å². The van der Waals surface area contributed by atoms with Crippen molar-refractivity contribution in [3.8, 4) is 5.75 Å².